The van der Waals surface area contributed by atoms with Crippen LogP contribution in [0.3, 0.4) is 0 Å². The molecule has 1 aromatic carbocycles. The number of fused-ring (bicyclic) bond motifs is 1. The molecule has 2 unspecified atom stereocenters. The second kappa shape index (κ2) is 7.88. The van der Waals surface area contributed by atoms with Gasteiger partial charge in [-0.25, -0.2) is 0 Å². The third-order valence-corrected chi connectivity index (χ3v) is 5.86. The maximum atomic E-state index is 12.5. The standard InChI is InChI=1S/C21H32N2O2/c1-16(18-9-8-17-6-3-4-7-19(17)12-18)22-20(25)13-23-11-5-10-21(2,14-23)15-24/h8-9,12,16,24H,3-7,10-11,13-15H2,1-2H3,(H,22,25). The first-order valence-corrected chi connectivity index (χ1v) is 9.73. The van der Waals surface area contributed by atoms with Gasteiger partial charge in [0.15, 0.2) is 0 Å². The van der Waals surface area contributed by atoms with E-state index in [-0.39, 0.29) is 24.0 Å². The van der Waals surface area contributed by atoms with E-state index < -0.39 is 0 Å². The molecule has 2 atom stereocenters. The van der Waals surface area contributed by atoms with Gasteiger partial charge < -0.3 is 10.4 Å². The molecule has 25 heavy (non-hydrogen) atoms. The number of amides is 1. The molecule has 2 aliphatic rings. The summed E-state index contributed by atoms with van der Waals surface area (Å²) in [5, 5.41) is 12.7. The summed E-state index contributed by atoms with van der Waals surface area (Å²) in [4.78, 5) is 14.6. The van der Waals surface area contributed by atoms with Gasteiger partial charge in [-0.05, 0) is 68.7 Å². The summed E-state index contributed by atoms with van der Waals surface area (Å²) in [6.07, 6.45) is 7.00. The van der Waals surface area contributed by atoms with Gasteiger partial charge in [0.25, 0.3) is 0 Å². The van der Waals surface area contributed by atoms with Gasteiger partial charge in [0, 0.05) is 18.6 Å². The molecule has 0 spiro atoms. The second-order valence-corrected chi connectivity index (χ2v) is 8.31. The van der Waals surface area contributed by atoms with E-state index in [4.69, 9.17) is 0 Å². The molecule has 4 nitrogen and oxygen atoms in total. The highest BCUT2D eigenvalue weighted by Crippen LogP contribution is 2.28. The summed E-state index contributed by atoms with van der Waals surface area (Å²) < 4.78 is 0. The van der Waals surface area contributed by atoms with Crippen molar-refractivity contribution < 1.29 is 9.90 Å². The Morgan fingerprint density at radius 1 is 1.28 bits per heavy atom. The number of carbonyl (C=O) groups excluding carboxylic acids is 1. The Morgan fingerprint density at radius 3 is 2.80 bits per heavy atom. The maximum absolute atomic E-state index is 12.5. The van der Waals surface area contributed by atoms with Gasteiger partial charge in [-0.2, -0.15) is 0 Å². The summed E-state index contributed by atoms with van der Waals surface area (Å²) in [5.74, 6) is 0.0763. The third-order valence-electron chi connectivity index (χ3n) is 5.86. The molecule has 0 aromatic heterocycles. The van der Waals surface area contributed by atoms with Crippen LogP contribution in [0.2, 0.25) is 0 Å². The van der Waals surface area contributed by atoms with Crippen molar-refractivity contribution in [3.05, 3.63) is 34.9 Å². The summed E-state index contributed by atoms with van der Waals surface area (Å²) >= 11 is 0. The number of benzene rings is 1. The largest absolute Gasteiger partial charge is 0.396 e. The van der Waals surface area contributed by atoms with Crippen molar-refractivity contribution in [1.29, 1.82) is 0 Å². The fraction of sp³-hybridized carbons (Fsp3) is 0.667. The quantitative estimate of drug-likeness (QED) is 0.864. The van der Waals surface area contributed by atoms with Crippen molar-refractivity contribution in [2.75, 3.05) is 26.2 Å². The minimum Gasteiger partial charge on any atom is -0.396 e. The number of aryl methyl sites for hydroxylation is 2. The van der Waals surface area contributed by atoms with Gasteiger partial charge in [0.1, 0.15) is 0 Å². The number of likely N-dealkylation sites (tertiary alicyclic amines) is 1. The molecule has 1 amide bonds. The van der Waals surface area contributed by atoms with Gasteiger partial charge >= 0.3 is 0 Å². The zero-order chi connectivity index (χ0) is 17.9. The second-order valence-electron chi connectivity index (χ2n) is 8.31. The number of nitrogens with zero attached hydrogens (tertiary/aromatic N) is 1. The lowest BCUT2D eigenvalue weighted by atomic mass is 9.83. The number of aliphatic hydroxyl groups is 1. The number of hydrogen-bond donors (Lipinski definition) is 2. The Balaban J connectivity index is 1.55. The first-order chi connectivity index (χ1) is 12.0. The van der Waals surface area contributed by atoms with Crippen LogP contribution in [0.4, 0.5) is 0 Å². The van der Waals surface area contributed by atoms with Crippen LogP contribution < -0.4 is 5.32 Å². The lowest BCUT2D eigenvalue weighted by molar-refractivity contribution is -0.123. The van der Waals surface area contributed by atoms with Gasteiger partial charge in [-0.15, -0.1) is 0 Å². The zero-order valence-corrected chi connectivity index (χ0v) is 15.7. The van der Waals surface area contributed by atoms with Crippen molar-refractivity contribution in [3.63, 3.8) is 0 Å². The van der Waals surface area contributed by atoms with E-state index in [9.17, 15) is 9.90 Å². The van der Waals surface area contributed by atoms with Crippen LogP contribution in [0.1, 0.15) is 62.3 Å². The summed E-state index contributed by atoms with van der Waals surface area (Å²) in [5.41, 5.74) is 4.07. The van der Waals surface area contributed by atoms with Gasteiger partial charge in [0.2, 0.25) is 5.91 Å². The molecule has 1 saturated heterocycles. The number of carbonyl (C=O) groups is 1. The van der Waals surface area contributed by atoms with E-state index >= 15 is 0 Å². The number of piperidine rings is 1. The molecular formula is C21H32N2O2. The number of nitrogens with one attached hydrogen (secondary N) is 1. The topological polar surface area (TPSA) is 52.6 Å². The highest BCUT2D eigenvalue weighted by Gasteiger charge is 2.31. The lowest BCUT2D eigenvalue weighted by Gasteiger charge is -2.39. The van der Waals surface area contributed by atoms with Crippen molar-refractivity contribution in [3.8, 4) is 0 Å². The monoisotopic (exact) mass is 344 g/mol. The Hall–Kier alpha value is -1.39. The van der Waals surface area contributed by atoms with E-state index in [0.29, 0.717) is 6.54 Å². The molecule has 2 N–H and O–H groups in total. The van der Waals surface area contributed by atoms with Gasteiger partial charge in [-0.1, -0.05) is 25.1 Å². The number of hydrogen-bond acceptors (Lipinski definition) is 3. The first kappa shape index (κ1) is 18.4. The average molecular weight is 344 g/mol. The molecule has 1 aromatic rings. The SMILES string of the molecule is CC(NC(=O)CN1CCCC(C)(CO)C1)c1ccc2c(c1)CCCC2. The predicted octanol–water partition coefficient (Wildman–Crippen LogP) is 2.84. The first-order valence-electron chi connectivity index (χ1n) is 9.73. The molecule has 0 radical (unpaired) electrons. The van der Waals surface area contributed by atoms with Crippen LogP contribution >= 0.6 is 0 Å². The number of aliphatic hydroxyl groups excluding tert-OH is 1. The van der Waals surface area contributed by atoms with Gasteiger partial charge in [-0.3, -0.25) is 9.69 Å². The third kappa shape index (κ3) is 4.62. The van der Waals surface area contributed by atoms with Crippen molar-refractivity contribution in [1.82, 2.24) is 10.2 Å². The molecule has 1 aliphatic heterocycles. The van der Waals surface area contributed by atoms with Crippen LogP contribution in [0.15, 0.2) is 18.2 Å². The molecule has 1 heterocycles. The predicted molar refractivity (Wildman–Crippen MR) is 101 cm³/mol. The maximum Gasteiger partial charge on any atom is 0.234 e. The Labute approximate surface area is 151 Å². The highest BCUT2D eigenvalue weighted by atomic mass is 16.3. The normalized spacial score (nSPS) is 25.2. The molecule has 1 fully saturated rings. The van der Waals surface area contributed by atoms with E-state index in [1.54, 1.807) is 0 Å². The van der Waals surface area contributed by atoms with Crippen LogP contribution in [0.25, 0.3) is 0 Å². The minimum atomic E-state index is -0.0668. The molecule has 138 valence electrons. The average Bonchev–Trinajstić information content (AvgIpc) is 2.61. The molecule has 0 bridgehead atoms. The van der Waals surface area contributed by atoms with Crippen molar-refractivity contribution in [2.45, 2.75) is 58.4 Å². The zero-order valence-electron chi connectivity index (χ0n) is 15.7. The van der Waals surface area contributed by atoms with Crippen LogP contribution in [0.5, 0.6) is 0 Å². The van der Waals surface area contributed by atoms with Crippen LogP contribution in [-0.2, 0) is 17.6 Å². The van der Waals surface area contributed by atoms with Gasteiger partial charge in [0.05, 0.1) is 12.6 Å². The van der Waals surface area contributed by atoms with E-state index in [1.807, 2.05) is 0 Å². The van der Waals surface area contributed by atoms with Crippen LogP contribution in [0, 0.1) is 5.41 Å². The molecular weight excluding hydrogens is 312 g/mol. The molecule has 3 rings (SSSR count). The highest BCUT2D eigenvalue weighted by molar-refractivity contribution is 5.78. The molecule has 0 saturated carbocycles. The number of rotatable bonds is 5. The van der Waals surface area contributed by atoms with Crippen molar-refractivity contribution >= 4 is 5.91 Å². The smallest absolute Gasteiger partial charge is 0.234 e. The Kier molecular flexibility index (Phi) is 5.80. The lowest BCUT2D eigenvalue weighted by Crippen LogP contribution is -2.47. The van der Waals surface area contributed by atoms with Crippen molar-refractivity contribution in [2.24, 2.45) is 5.41 Å². The summed E-state index contributed by atoms with van der Waals surface area (Å²) in [7, 11) is 0. The Morgan fingerprint density at radius 2 is 2.04 bits per heavy atom. The van der Waals surface area contributed by atoms with Crippen LogP contribution in [-0.4, -0.2) is 42.2 Å². The summed E-state index contributed by atoms with van der Waals surface area (Å²) in [6.45, 7) is 6.52. The van der Waals surface area contributed by atoms with E-state index in [1.165, 1.54) is 36.0 Å². The molecule has 1 aliphatic carbocycles. The summed E-state index contributed by atoms with van der Waals surface area (Å²) in [6, 6.07) is 6.72. The Bertz CT molecular complexity index is 616. The van der Waals surface area contributed by atoms with E-state index in [0.717, 1.165) is 32.4 Å². The minimum absolute atomic E-state index is 0.0359. The fourth-order valence-corrected chi connectivity index (χ4v) is 4.29. The fourth-order valence-electron chi connectivity index (χ4n) is 4.29. The molecule has 4 heteroatoms. The van der Waals surface area contributed by atoms with E-state index in [2.05, 4.69) is 42.3 Å².